The molecule has 1 aromatic carbocycles. The second kappa shape index (κ2) is 7.66. The third kappa shape index (κ3) is 4.63. The molecule has 1 unspecified atom stereocenters. The largest absolute Gasteiger partial charge is 0.323 e. The standard InChI is InChI=1S/C17H30N2/c1-6-8-19(9-7-2)12-16(18)17-14(4)10-13(3)11-15(17)5/h10-11,16H,6-9,12,18H2,1-5H3. The maximum atomic E-state index is 6.47. The normalized spacial score (nSPS) is 13.0. The van der Waals surface area contributed by atoms with Crippen molar-refractivity contribution in [3.8, 4) is 0 Å². The molecule has 19 heavy (non-hydrogen) atoms. The van der Waals surface area contributed by atoms with Crippen molar-refractivity contribution in [1.29, 1.82) is 0 Å². The van der Waals surface area contributed by atoms with Crippen LogP contribution < -0.4 is 5.73 Å². The van der Waals surface area contributed by atoms with E-state index in [1.807, 2.05) is 0 Å². The minimum absolute atomic E-state index is 0.124. The van der Waals surface area contributed by atoms with Crippen LogP contribution in [0.5, 0.6) is 0 Å². The van der Waals surface area contributed by atoms with Crippen LogP contribution in [0.2, 0.25) is 0 Å². The highest BCUT2D eigenvalue weighted by Gasteiger charge is 2.15. The third-order valence-electron chi connectivity index (χ3n) is 3.64. The quantitative estimate of drug-likeness (QED) is 0.811. The van der Waals surface area contributed by atoms with Gasteiger partial charge in [-0.1, -0.05) is 31.5 Å². The van der Waals surface area contributed by atoms with Crippen LogP contribution in [0.1, 0.15) is 55.0 Å². The van der Waals surface area contributed by atoms with Crippen LogP contribution >= 0.6 is 0 Å². The number of hydrogen-bond donors (Lipinski definition) is 1. The number of nitrogens with zero attached hydrogens (tertiary/aromatic N) is 1. The number of benzene rings is 1. The Bertz CT molecular complexity index is 369. The van der Waals surface area contributed by atoms with E-state index in [0.29, 0.717) is 0 Å². The summed E-state index contributed by atoms with van der Waals surface area (Å²) in [4.78, 5) is 2.49. The maximum Gasteiger partial charge on any atom is 0.0429 e. The molecule has 2 nitrogen and oxygen atoms in total. The van der Waals surface area contributed by atoms with E-state index in [1.54, 1.807) is 0 Å². The molecule has 0 fully saturated rings. The Labute approximate surface area is 119 Å². The van der Waals surface area contributed by atoms with Crippen molar-refractivity contribution in [2.45, 2.75) is 53.5 Å². The van der Waals surface area contributed by atoms with Crippen LogP contribution in [0, 0.1) is 20.8 Å². The first-order valence-electron chi connectivity index (χ1n) is 7.55. The molecule has 108 valence electrons. The first-order valence-corrected chi connectivity index (χ1v) is 7.55. The molecule has 0 aromatic heterocycles. The van der Waals surface area contributed by atoms with E-state index in [0.717, 1.165) is 19.6 Å². The third-order valence-corrected chi connectivity index (χ3v) is 3.64. The summed E-state index contributed by atoms with van der Waals surface area (Å²) in [6.07, 6.45) is 2.39. The van der Waals surface area contributed by atoms with Gasteiger partial charge in [0.2, 0.25) is 0 Å². The van der Waals surface area contributed by atoms with E-state index in [1.165, 1.54) is 35.1 Å². The van der Waals surface area contributed by atoms with Gasteiger partial charge in [-0.2, -0.15) is 0 Å². The number of aryl methyl sites for hydroxylation is 3. The Balaban J connectivity index is 2.84. The number of rotatable bonds is 7. The number of hydrogen-bond acceptors (Lipinski definition) is 2. The lowest BCUT2D eigenvalue weighted by Gasteiger charge is -2.27. The zero-order valence-corrected chi connectivity index (χ0v) is 13.3. The van der Waals surface area contributed by atoms with Crippen molar-refractivity contribution in [1.82, 2.24) is 4.90 Å². The molecule has 0 amide bonds. The number of nitrogens with two attached hydrogens (primary N) is 1. The van der Waals surface area contributed by atoms with Crippen LogP contribution in [0.4, 0.5) is 0 Å². The van der Waals surface area contributed by atoms with Gasteiger partial charge in [-0.3, -0.25) is 0 Å². The van der Waals surface area contributed by atoms with Crippen LogP contribution in [0.25, 0.3) is 0 Å². The molecule has 0 aliphatic carbocycles. The Morgan fingerprint density at radius 3 is 1.89 bits per heavy atom. The van der Waals surface area contributed by atoms with Gasteiger partial charge in [-0.15, -0.1) is 0 Å². The van der Waals surface area contributed by atoms with Crippen LogP contribution in [0.3, 0.4) is 0 Å². The smallest absolute Gasteiger partial charge is 0.0429 e. The predicted octanol–water partition coefficient (Wildman–Crippen LogP) is 3.73. The molecule has 0 saturated heterocycles. The molecule has 0 heterocycles. The van der Waals surface area contributed by atoms with Crippen molar-refractivity contribution < 1.29 is 0 Å². The first-order chi connectivity index (χ1) is 8.99. The van der Waals surface area contributed by atoms with Crippen LogP contribution in [0.15, 0.2) is 12.1 Å². The van der Waals surface area contributed by atoms with Gasteiger partial charge >= 0.3 is 0 Å². The van der Waals surface area contributed by atoms with Gasteiger partial charge in [0, 0.05) is 12.6 Å². The fourth-order valence-corrected chi connectivity index (χ4v) is 3.07. The average Bonchev–Trinajstić information content (AvgIpc) is 2.27. The fourth-order valence-electron chi connectivity index (χ4n) is 3.07. The highest BCUT2D eigenvalue weighted by molar-refractivity contribution is 5.39. The molecule has 0 spiro atoms. The minimum atomic E-state index is 0.124. The van der Waals surface area contributed by atoms with E-state index in [4.69, 9.17) is 5.73 Å². The van der Waals surface area contributed by atoms with Crippen molar-refractivity contribution in [2.24, 2.45) is 5.73 Å². The summed E-state index contributed by atoms with van der Waals surface area (Å²) in [5.74, 6) is 0. The van der Waals surface area contributed by atoms with Crippen molar-refractivity contribution in [3.05, 3.63) is 34.4 Å². The molecule has 1 atom stereocenters. The first kappa shape index (κ1) is 16.2. The summed E-state index contributed by atoms with van der Waals surface area (Å²) >= 11 is 0. The fraction of sp³-hybridized carbons (Fsp3) is 0.647. The van der Waals surface area contributed by atoms with Gasteiger partial charge in [0.1, 0.15) is 0 Å². The Morgan fingerprint density at radius 1 is 1.00 bits per heavy atom. The van der Waals surface area contributed by atoms with E-state index < -0.39 is 0 Å². The van der Waals surface area contributed by atoms with Gasteiger partial charge in [0.25, 0.3) is 0 Å². The zero-order chi connectivity index (χ0) is 14.4. The lowest BCUT2D eigenvalue weighted by atomic mass is 9.94. The van der Waals surface area contributed by atoms with Crippen LogP contribution in [-0.4, -0.2) is 24.5 Å². The van der Waals surface area contributed by atoms with E-state index in [-0.39, 0.29) is 6.04 Å². The van der Waals surface area contributed by atoms with Gasteiger partial charge < -0.3 is 10.6 Å². The summed E-state index contributed by atoms with van der Waals surface area (Å²) in [6, 6.07) is 4.61. The summed E-state index contributed by atoms with van der Waals surface area (Å²) in [6.45, 7) is 14.2. The van der Waals surface area contributed by atoms with Crippen molar-refractivity contribution in [2.75, 3.05) is 19.6 Å². The monoisotopic (exact) mass is 262 g/mol. The maximum absolute atomic E-state index is 6.47. The predicted molar refractivity (Wildman–Crippen MR) is 84.6 cm³/mol. The van der Waals surface area contributed by atoms with Gasteiger partial charge in [-0.25, -0.2) is 0 Å². The Morgan fingerprint density at radius 2 is 1.47 bits per heavy atom. The molecular weight excluding hydrogens is 232 g/mol. The summed E-state index contributed by atoms with van der Waals surface area (Å²) in [7, 11) is 0. The topological polar surface area (TPSA) is 29.3 Å². The summed E-state index contributed by atoms with van der Waals surface area (Å²) in [5.41, 5.74) is 11.8. The van der Waals surface area contributed by atoms with E-state index >= 15 is 0 Å². The molecule has 1 aromatic rings. The molecule has 1 rings (SSSR count). The molecule has 0 saturated carbocycles. The lowest BCUT2D eigenvalue weighted by Crippen LogP contribution is -2.34. The molecule has 0 radical (unpaired) electrons. The molecule has 2 N–H and O–H groups in total. The molecule has 2 heteroatoms. The SMILES string of the molecule is CCCN(CCC)CC(N)c1c(C)cc(C)cc1C. The second-order valence-electron chi connectivity index (χ2n) is 5.72. The van der Waals surface area contributed by atoms with Crippen LogP contribution in [-0.2, 0) is 0 Å². The zero-order valence-electron chi connectivity index (χ0n) is 13.3. The second-order valence-corrected chi connectivity index (χ2v) is 5.72. The Kier molecular flexibility index (Phi) is 6.53. The van der Waals surface area contributed by atoms with E-state index in [9.17, 15) is 0 Å². The summed E-state index contributed by atoms with van der Waals surface area (Å²) in [5, 5.41) is 0. The van der Waals surface area contributed by atoms with Gasteiger partial charge in [0.15, 0.2) is 0 Å². The highest BCUT2D eigenvalue weighted by atomic mass is 15.1. The highest BCUT2D eigenvalue weighted by Crippen LogP contribution is 2.23. The van der Waals surface area contributed by atoms with E-state index in [2.05, 4.69) is 51.7 Å². The molecular formula is C17H30N2. The lowest BCUT2D eigenvalue weighted by molar-refractivity contribution is 0.258. The van der Waals surface area contributed by atoms with Gasteiger partial charge in [-0.05, 0) is 63.4 Å². The molecule has 0 bridgehead atoms. The molecule has 0 aliphatic heterocycles. The van der Waals surface area contributed by atoms with Gasteiger partial charge in [0.05, 0.1) is 0 Å². The van der Waals surface area contributed by atoms with Crippen molar-refractivity contribution in [3.63, 3.8) is 0 Å². The Hall–Kier alpha value is -0.860. The molecule has 0 aliphatic rings. The van der Waals surface area contributed by atoms with Crippen molar-refractivity contribution >= 4 is 0 Å². The summed E-state index contributed by atoms with van der Waals surface area (Å²) < 4.78 is 0. The minimum Gasteiger partial charge on any atom is -0.323 e. The average molecular weight is 262 g/mol.